The lowest BCUT2D eigenvalue weighted by Crippen LogP contribution is -2.41. The van der Waals surface area contributed by atoms with E-state index in [2.05, 4.69) is 5.32 Å². The number of benzene rings is 1. The molecule has 0 unspecified atom stereocenters. The van der Waals surface area contributed by atoms with E-state index in [1.165, 1.54) is 12.1 Å². The number of ether oxygens (including phenoxy) is 2. The van der Waals surface area contributed by atoms with Gasteiger partial charge in [0.05, 0.1) is 18.1 Å². The fraction of sp³-hybridized carbons (Fsp3) is 0.364. The van der Waals surface area contributed by atoms with Crippen LogP contribution in [0.4, 0.5) is 8.78 Å². The van der Waals surface area contributed by atoms with Crippen molar-refractivity contribution < 1.29 is 23.0 Å². The number of alkyl halides is 2. The fourth-order valence-corrected chi connectivity index (χ4v) is 1.75. The molecule has 0 atom stereocenters. The van der Waals surface area contributed by atoms with Gasteiger partial charge in [-0.05, 0) is 12.1 Å². The summed E-state index contributed by atoms with van der Waals surface area (Å²) in [4.78, 5) is 11.7. The quantitative estimate of drug-likeness (QED) is 0.879. The standard InChI is InChI=1S/C11H11ClF2N2O3/c12-7-1-6(2-8-9(7)19-5-18-8)10(17)16-4-11(13,14)3-15/h1-2H,3-5,15H2,(H,16,17). The Bertz CT molecular complexity index is 511. The molecule has 0 radical (unpaired) electrons. The number of rotatable bonds is 4. The second-order valence-corrected chi connectivity index (χ2v) is 4.34. The van der Waals surface area contributed by atoms with E-state index in [9.17, 15) is 13.6 Å². The monoisotopic (exact) mass is 292 g/mol. The van der Waals surface area contributed by atoms with Crippen molar-refractivity contribution in [3.05, 3.63) is 22.7 Å². The largest absolute Gasteiger partial charge is 0.454 e. The number of nitrogens with one attached hydrogen (secondary N) is 1. The van der Waals surface area contributed by atoms with Gasteiger partial charge in [0.1, 0.15) is 0 Å². The van der Waals surface area contributed by atoms with Crippen molar-refractivity contribution in [1.82, 2.24) is 5.32 Å². The Morgan fingerprint density at radius 3 is 2.89 bits per heavy atom. The molecular weight excluding hydrogens is 282 g/mol. The van der Waals surface area contributed by atoms with Gasteiger partial charge in [0.15, 0.2) is 11.5 Å². The molecule has 0 aliphatic carbocycles. The highest BCUT2D eigenvalue weighted by molar-refractivity contribution is 6.32. The van der Waals surface area contributed by atoms with Crippen LogP contribution in [0.3, 0.4) is 0 Å². The van der Waals surface area contributed by atoms with Crippen LogP contribution in [-0.2, 0) is 0 Å². The van der Waals surface area contributed by atoms with Gasteiger partial charge in [0.2, 0.25) is 6.79 Å². The number of amides is 1. The highest BCUT2D eigenvalue weighted by Crippen LogP contribution is 2.39. The third kappa shape index (κ3) is 3.05. The third-order valence-corrected chi connectivity index (χ3v) is 2.78. The molecule has 1 aliphatic heterocycles. The SMILES string of the molecule is NCC(F)(F)CNC(=O)c1cc(Cl)c2c(c1)OCO2. The second-order valence-electron chi connectivity index (χ2n) is 3.93. The third-order valence-electron chi connectivity index (χ3n) is 2.50. The van der Waals surface area contributed by atoms with Gasteiger partial charge >= 0.3 is 0 Å². The number of carbonyl (C=O) groups is 1. The van der Waals surface area contributed by atoms with Crippen LogP contribution >= 0.6 is 11.6 Å². The van der Waals surface area contributed by atoms with Crippen molar-refractivity contribution >= 4 is 17.5 Å². The minimum absolute atomic E-state index is 0.00533. The van der Waals surface area contributed by atoms with Crippen LogP contribution in [0.15, 0.2) is 12.1 Å². The van der Waals surface area contributed by atoms with Crippen molar-refractivity contribution in [3.8, 4) is 11.5 Å². The molecule has 8 heteroatoms. The molecule has 0 fully saturated rings. The highest BCUT2D eigenvalue weighted by atomic mass is 35.5. The summed E-state index contributed by atoms with van der Waals surface area (Å²) in [5.41, 5.74) is 4.98. The van der Waals surface area contributed by atoms with Crippen LogP contribution in [0.1, 0.15) is 10.4 Å². The molecule has 0 saturated heterocycles. The van der Waals surface area contributed by atoms with E-state index in [-0.39, 0.29) is 17.4 Å². The normalized spacial score (nSPS) is 13.5. The lowest BCUT2D eigenvalue weighted by Gasteiger charge is -2.14. The molecule has 1 aromatic carbocycles. The summed E-state index contributed by atoms with van der Waals surface area (Å²) in [6.07, 6.45) is 0. The van der Waals surface area contributed by atoms with Crippen LogP contribution in [-0.4, -0.2) is 31.7 Å². The number of hydrogen-bond acceptors (Lipinski definition) is 4. The van der Waals surface area contributed by atoms with Crippen molar-refractivity contribution in [2.75, 3.05) is 19.9 Å². The molecule has 0 bridgehead atoms. The van der Waals surface area contributed by atoms with E-state index >= 15 is 0 Å². The van der Waals surface area contributed by atoms with E-state index in [1.54, 1.807) is 0 Å². The van der Waals surface area contributed by atoms with Crippen molar-refractivity contribution in [1.29, 1.82) is 0 Å². The van der Waals surface area contributed by atoms with E-state index in [0.717, 1.165) is 0 Å². The zero-order valence-corrected chi connectivity index (χ0v) is 10.5. The number of halogens is 3. The molecule has 0 saturated carbocycles. The van der Waals surface area contributed by atoms with Gasteiger partial charge in [0.25, 0.3) is 11.8 Å². The molecule has 19 heavy (non-hydrogen) atoms. The van der Waals surface area contributed by atoms with Crippen LogP contribution in [0.25, 0.3) is 0 Å². The molecule has 1 aromatic rings. The summed E-state index contributed by atoms with van der Waals surface area (Å²) in [5.74, 6) is -3.18. The molecule has 0 spiro atoms. The summed E-state index contributed by atoms with van der Waals surface area (Å²) in [6, 6.07) is 2.70. The summed E-state index contributed by atoms with van der Waals surface area (Å²) in [6.45, 7) is -1.67. The first-order chi connectivity index (χ1) is 8.93. The van der Waals surface area contributed by atoms with Crippen molar-refractivity contribution in [2.45, 2.75) is 5.92 Å². The predicted octanol–water partition coefficient (Wildman–Crippen LogP) is 1.39. The van der Waals surface area contributed by atoms with Crippen LogP contribution < -0.4 is 20.5 Å². The van der Waals surface area contributed by atoms with Crippen LogP contribution in [0, 0.1) is 0 Å². The summed E-state index contributed by atoms with van der Waals surface area (Å²) >= 11 is 5.88. The molecule has 2 rings (SSSR count). The lowest BCUT2D eigenvalue weighted by molar-refractivity contribution is 0.0118. The number of hydrogen-bond donors (Lipinski definition) is 2. The highest BCUT2D eigenvalue weighted by Gasteiger charge is 2.28. The Labute approximate surface area is 112 Å². The van der Waals surface area contributed by atoms with Gasteiger partial charge < -0.3 is 20.5 Å². The average molecular weight is 293 g/mol. The van der Waals surface area contributed by atoms with Gasteiger partial charge in [-0.1, -0.05) is 11.6 Å². The van der Waals surface area contributed by atoms with E-state index in [0.29, 0.717) is 11.5 Å². The minimum atomic E-state index is -3.14. The van der Waals surface area contributed by atoms with Gasteiger partial charge in [0, 0.05) is 5.56 Å². The van der Waals surface area contributed by atoms with Crippen LogP contribution in [0.2, 0.25) is 5.02 Å². The van der Waals surface area contributed by atoms with Crippen molar-refractivity contribution in [2.24, 2.45) is 5.73 Å². The Morgan fingerprint density at radius 1 is 1.47 bits per heavy atom. The van der Waals surface area contributed by atoms with Gasteiger partial charge in [-0.15, -0.1) is 0 Å². The van der Waals surface area contributed by atoms with Gasteiger partial charge in [-0.25, -0.2) is 8.78 Å². The second kappa shape index (κ2) is 5.18. The Balaban J connectivity index is 2.10. The number of carbonyl (C=O) groups excluding carboxylic acids is 1. The van der Waals surface area contributed by atoms with E-state index in [1.807, 2.05) is 0 Å². The molecular formula is C11H11ClF2N2O3. The Morgan fingerprint density at radius 2 is 2.21 bits per heavy atom. The summed E-state index contributed by atoms with van der Waals surface area (Å²) in [7, 11) is 0. The smallest absolute Gasteiger partial charge is 0.277 e. The molecule has 0 aromatic heterocycles. The van der Waals surface area contributed by atoms with Gasteiger partial charge in [-0.3, -0.25) is 4.79 Å². The Kier molecular flexibility index (Phi) is 3.77. The van der Waals surface area contributed by atoms with E-state index < -0.39 is 24.9 Å². The molecule has 1 aliphatic rings. The maximum absolute atomic E-state index is 12.9. The molecule has 5 nitrogen and oxygen atoms in total. The van der Waals surface area contributed by atoms with Crippen LogP contribution in [0.5, 0.6) is 11.5 Å². The maximum atomic E-state index is 12.9. The predicted molar refractivity (Wildman–Crippen MR) is 63.9 cm³/mol. The first-order valence-corrected chi connectivity index (χ1v) is 5.76. The zero-order valence-electron chi connectivity index (χ0n) is 9.71. The molecule has 3 N–H and O–H groups in total. The maximum Gasteiger partial charge on any atom is 0.277 e. The number of fused-ring (bicyclic) bond motifs is 1. The zero-order chi connectivity index (χ0) is 14.0. The Hall–Kier alpha value is -1.60. The summed E-state index contributed by atoms with van der Waals surface area (Å²) in [5, 5.41) is 2.27. The minimum Gasteiger partial charge on any atom is -0.454 e. The molecule has 104 valence electrons. The fourth-order valence-electron chi connectivity index (χ4n) is 1.48. The topological polar surface area (TPSA) is 73.6 Å². The first kappa shape index (κ1) is 13.8. The number of nitrogens with two attached hydrogens (primary N) is 1. The summed E-state index contributed by atoms with van der Waals surface area (Å²) < 4.78 is 36.0. The first-order valence-electron chi connectivity index (χ1n) is 5.38. The van der Waals surface area contributed by atoms with Gasteiger partial charge in [-0.2, -0.15) is 0 Å². The average Bonchev–Trinajstić information content (AvgIpc) is 2.85. The van der Waals surface area contributed by atoms with Crippen molar-refractivity contribution in [3.63, 3.8) is 0 Å². The van der Waals surface area contributed by atoms with E-state index in [4.69, 9.17) is 26.8 Å². The molecule has 1 heterocycles. The lowest BCUT2D eigenvalue weighted by atomic mass is 10.2. The molecule has 1 amide bonds.